The van der Waals surface area contributed by atoms with Crippen molar-refractivity contribution in [3.8, 4) is 0 Å². The lowest BCUT2D eigenvalue weighted by Gasteiger charge is -2.16. The molecule has 0 unspecified atom stereocenters. The zero-order valence-electron chi connectivity index (χ0n) is 14.6. The lowest BCUT2D eigenvalue weighted by molar-refractivity contribution is -0.119. The molecule has 0 bridgehead atoms. The van der Waals surface area contributed by atoms with Crippen LogP contribution in [0.5, 0.6) is 0 Å². The van der Waals surface area contributed by atoms with E-state index < -0.39 is 22.7 Å². The Labute approximate surface area is 160 Å². The van der Waals surface area contributed by atoms with E-state index in [1.165, 1.54) is 0 Å². The lowest BCUT2D eigenvalue weighted by Crippen LogP contribution is -2.45. The standard InChI is InChI=1S/C21H20N2O3S/c22-20(24)19(13-14-27(26)16-9-2-1-3-10-16)23-21(25)18-12-6-8-15-7-4-5-11-17(15)18/h1-12,19H,13-14H2,(H2,22,24)(H,23,25)/t19-,27-/m1/s1. The molecule has 0 heterocycles. The highest BCUT2D eigenvalue weighted by atomic mass is 32.2. The van der Waals surface area contributed by atoms with Gasteiger partial charge >= 0.3 is 0 Å². The van der Waals surface area contributed by atoms with E-state index in [4.69, 9.17) is 5.73 Å². The molecular formula is C21H20N2O3S. The summed E-state index contributed by atoms with van der Waals surface area (Å²) in [6.07, 6.45) is 0.202. The molecule has 2 atom stereocenters. The Balaban J connectivity index is 1.71. The fraction of sp³-hybridized carbons (Fsp3) is 0.143. The minimum atomic E-state index is -1.26. The molecular weight excluding hydrogens is 360 g/mol. The third kappa shape index (κ3) is 4.60. The monoisotopic (exact) mass is 380 g/mol. The number of rotatable bonds is 7. The largest absolute Gasteiger partial charge is 0.368 e. The van der Waals surface area contributed by atoms with Gasteiger partial charge < -0.3 is 11.1 Å². The number of fused-ring (bicyclic) bond motifs is 1. The van der Waals surface area contributed by atoms with Crippen molar-refractivity contribution in [2.75, 3.05) is 5.75 Å². The quantitative estimate of drug-likeness (QED) is 0.660. The summed E-state index contributed by atoms with van der Waals surface area (Å²) >= 11 is 0. The first kappa shape index (κ1) is 18.8. The van der Waals surface area contributed by atoms with Crippen LogP contribution in [0.4, 0.5) is 0 Å². The Morgan fingerprint density at radius 3 is 2.33 bits per heavy atom. The number of nitrogens with two attached hydrogens (primary N) is 1. The van der Waals surface area contributed by atoms with Gasteiger partial charge in [-0.3, -0.25) is 13.8 Å². The Kier molecular flexibility index (Phi) is 5.98. The number of amides is 2. The number of nitrogens with one attached hydrogen (secondary N) is 1. The zero-order chi connectivity index (χ0) is 19.2. The SMILES string of the molecule is NC(=O)[C@@H](CC[S@@](=O)c1ccccc1)NC(=O)c1cccc2ccccc12. The van der Waals surface area contributed by atoms with Crippen molar-refractivity contribution in [2.24, 2.45) is 5.73 Å². The van der Waals surface area contributed by atoms with E-state index >= 15 is 0 Å². The molecule has 0 aromatic heterocycles. The first-order valence-electron chi connectivity index (χ1n) is 8.57. The van der Waals surface area contributed by atoms with Gasteiger partial charge in [-0.25, -0.2) is 0 Å². The molecule has 27 heavy (non-hydrogen) atoms. The first-order valence-corrected chi connectivity index (χ1v) is 9.89. The van der Waals surface area contributed by atoms with E-state index in [0.717, 1.165) is 10.8 Å². The minimum Gasteiger partial charge on any atom is -0.368 e. The molecule has 0 aliphatic carbocycles. The average Bonchev–Trinajstić information content (AvgIpc) is 2.70. The summed E-state index contributed by atoms with van der Waals surface area (Å²) in [5, 5.41) is 4.42. The molecule has 5 nitrogen and oxygen atoms in total. The second-order valence-corrected chi connectivity index (χ2v) is 7.68. The van der Waals surface area contributed by atoms with Crippen LogP contribution >= 0.6 is 0 Å². The van der Waals surface area contributed by atoms with Crippen molar-refractivity contribution in [3.05, 3.63) is 78.4 Å². The van der Waals surface area contributed by atoms with Gasteiger partial charge in [-0.05, 0) is 35.4 Å². The molecule has 0 aliphatic heterocycles. The van der Waals surface area contributed by atoms with Crippen LogP contribution in [0.3, 0.4) is 0 Å². The zero-order valence-corrected chi connectivity index (χ0v) is 15.4. The minimum absolute atomic E-state index is 0.202. The molecule has 0 saturated heterocycles. The predicted octanol–water partition coefficient (Wildman–Crippen LogP) is 2.62. The van der Waals surface area contributed by atoms with Crippen molar-refractivity contribution < 1.29 is 13.8 Å². The second-order valence-electron chi connectivity index (χ2n) is 6.11. The Hall–Kier alpha value is -2.99. The normalized spacial score (nSPS) is 13.0. The van der Waals surface area contributed by atoms with E-state index in [9.17, 15) is 13.8 Å². The number of hydrogen-bond acceptors (Lipinski definition) is 3. The average molecular weight is 380 g/mol. The van der Waals surface area contributed by atoms with Gasteiger partial charge in [0.25, 0.3) is 5.91 Å². The van der Waals surface area contributed by atoms with Crippen LogP contribution in [0.15, 0.2) is 77.7 Å². The maximum atomic E-state index is 12.7. The molecule has 0 saturated carbocycles. The van der Waals surface area contributed by atoms with Gasteiger partial charge in [-0.15, -0.1) is 0 Å². The fourth-order valence-electron chi connectivity index (χ4n) is 2.86. The highest BCUT2D eigenvalue weighted by Crippen LogP contribution is 2.18. The number of benzene rings is 3. The number of carbonyl (C=O) groups is 2. The summed E-state index contributed by atoms with van der Waals surface area (Å²) in [7, 11) is -1.26. The molecule has 138 valence electrons. The van der Waals surface area contributed by atoms with Crippen LogP contribution in [0.25, 0.3) is 10.8 Å². The van der Waals surface area contributed by atoms with Crippen molar-refractivity contribution in [2.45, 2.75) is 17.4 Å². The van der Waals surface area contributed by atoms with Gasteiger partial charge in [-0.2, -0.15) is 0 Å². The molecule has 2 amide bonds. The molecule has 3 aromatic rings. The Morgan fingerprint density at radius 2 is 1.59 bits per heavy atom. The maximum absolute atomic E-state index is 12.7. The van der Waals surface area contributed by atoms with Crippen LogP contribution in [-0.4, -0.2) is 27.8 Å². The summed E-state index contributed by atoms with van der Waals surface area (Å²) in [5.41, 5.74) is 5.92. The summed E-state index contributed by atoms with van der Waals surface area (Å²) in [4.78, 5) is 25.2. The fourth-order valence-corrected chi connectivity index (χ4v) is 4.01. The van der Waals surface area contributed by atoms with E-state index in [1.807, 2.05) is 36.4 Å². The van der Waals surface area contributed by atoms with Gasteiger partial charge in [0.2, 0.25) is 5.91 Å². The van der Waals surface area contributed by atoms with Crippen molar-refractivity contribution in [1.29, 1.82) is 0 Å². The Morgan fingerprint density at radius 1 is 0.926 bits per heavy atom. The highest BCUT2D eigenvalue weighted by Gasteiger charge is 2.21. The van der Waals surface area contributed by atoms with E-state index in [0.29, 0.717) is 10.5 Å². The third-order valence-electron chi connectivity index (χ3n) is 4.28. The van der Waals surface area contributed by atoms with Crippen LogP contribution < -0.4 is 11.1 Å². The van der Waals surface area contributed by atoms with Gasteiger partial charge in [0.15, 0.2) is 0 Å². The molecule has 0 fully saturated rings. The van der Waals surface area contributed by atoms with Gasteiger partial charge in [-0.1, -0.05) is 54.6 Å². The highest BCUT2D eigenvalue weighted by molar-refractivity contribution is 7.85. The molecule has 0 aliphatic rings. The van der Waals surface area contributed by atoms with Gasteiger partial charge in [0.1, 0.15) is 6.04 Å². The van der Waals surface area contributed by atoms with Crippen LogP contribution in [0, 0.1) is 0 Å². The van der Waals surface area contributed by atoms with Crippen LogP contribution in [-0.2, 0) is 15.6 Å². The smallest absolute Gasteiger partial charge is 0.252 e. The van der Waals surface area contributed by atoms with E-state index in [2.05, 4.69) is 5.32 Å². The molecule has 0 radical (unpaired) electrons. The van der Waals surface area contributed by atoms with Crippen LogP contribution in [0.2, 0.25) is 0 Å². The summed E-state index contributed by atoms with van der Waals surface area (Å²) < 4.78 is 12.3. The van der Waals surface area contributed by atoms with Gasteiger partial charge in [0.05, 0.1) is 10.8 Å². The maximum Gasteiger partial charge on any atom is 0.252 e. The summed E-state index contributed by atoms with van der Waals surface area (Å²) in [6.45, 7) is 0. The summed E-state index contributed by atoms with van der Waals surface area (Å²) in [5.74, 6) is -0.789. The second kappa shape index (κ2) is 8.60. The van der Waals surface area contributed by atoms with Crippen molar-refractivity contribution in [3.63, 3.8) is 0 Å². The topological polar surface area (TPSA) is 89.3 Å². The lowest BCUT2D eigenvalue weighted by atomic mass is 10.0. The molecule has 3 N–H and O–H groups in total. The molecule has 3 rings (SSSR count). The van der Waals surface area contributed by atoms with Crippen LogP contribution in [0.1, 0.15) is 16.8 Å². The first-order chi connectivity index (χ1) is 13.1. The Bertz CT molecular complexity index is 984. The van der Waals surface area contributed by atoms with E-state index in [1.54, 1.807) is 36.4 Å². The van der Waals surface area contributed by atoms with Crippen molar-refractivity contribution in [1.82, 2.24) is 5.32 Å². The number of carbonyl (C=O) groups excluding carboxylic acids is 2. The number of hydrogen-bond donors (Lipinski definition) is 2. The molecule has 0 spiro atoms. The molecule has 3 aromatic carbocycles. The molecule has 6 heteroatoms. The summed E-state index contributed by atoms with van der Waals surface area (Å²) in [6, 6.07) is 21.1. The van der Waals surface area contributed by atoms with Gasteiger partial charge in [0, 0.05) is 16.2 Å². The predicted molar refractivity (Wildman–Crippen MR) is 107 cm³/mol. The van der Waals surface area contributed by atoms with Crippen molar-refractivity contribution >= 4 is 33.4 Å². The third-order valence-corrected chi connectivity index (χ3v) is 5.69. The van der Waals surface area contributed by atoms with E-state index in [-0.39, 0.29) is 18.1 Å². The number of primary amides is 1.